The van der Waals surface area contributed by atoms with E-state index in [2.05, 4.69) is 25.1 Å². The Balaban J connectivity index is 1.59. The molecule has 0 aliphatic heterocycles. The summed E-state index contributed by atoms with van der Waals surface area (Å²) in [7, 11) is 0. The molecule has 0 atom stereocenters. The van der Waals surface area contributed by atoms with Crippen molar-refractivity contribution in [1.82, 2.24) is 34.3 Å². The highest BCUT2D eigenvalue weighted by Gasteiger charge is 2.19. The number of aryl methyl sites for hydroxylation is 5. The summed E-state index contributed by atoms with van der Waals surface area (Å²) < 4.78 is 30.6. The first kappa shape index (κ1) is 18.0. The van der Waals surface area contributed by atoms with Crippen LogP contribution < -0.4 is 0 Å². The maximum Gasteiger partial charge on any atom is 0.280 e. The van der Waals surface area contributed by atoms with E-state index in [1.165, 1.54) is 17.4 Å². The Hall–Kier alpha value is -3.01. The Bertz CT molecular complexity index is 1380. The molecule has 5 aromatic heterocycles. The molecule has 0 bridgehead atoms. The number of fused-ring (bicyclic) bond motifs is 5. The largest absolute Gasteiger partial charge is 0.280 e. The summed E-state index contributed by atoms with van der Waals surface area (Å²) in [4.78, 5) is 13.9. The molecular weight excluding hydrogens is 396 g/mol. The lowest BCUT2D eigenvalue weighted by molar-refractivity contribution is 0.146. The fourth-order valence-electron chi connectivity index (χ4n) is 3.60. The highest BCUT2D eigenvalue weighted by Crippen LogP contribution is 2.36. The lowest BCUT2D eigenvalue weighted by Crippen LogP contribution is -2.06. The Kier molecular flexibility index (Phi) is 4.05. The molecule has 10 heteroatoms. The van der Waals surface area contributed by atoms with Gasteiger partial charge in [-0.25, -0.2) is 28.2 Å². The number of thiophene rings is 1. The summed E-state index contributed by atoms with van der Waals surface area (Å²) in [6.07, 6.45) is -0.363. The minimum Gasteiger partial charge on any atom is -0.269 e. The first-order chi connectivity index (χ1) is 13.9. The maximum atomic E-state index is 13.1. The van der Waals surface area contributed by atoms with Gasteiger partial charge < -0.3 is 0 Å². The van der Waals surface area contributed by atoms with Crippen molar-refractivity contribution in [2.24, 2.45) is 0 Å². The molecule has 0 saturated carbocycles. The Labute approximate surface area is 168 Å². The van der Waals surface area contributed by atoms with E-state index in [0.29, 0.717) is 29.3 Å². The lowest BCUT2D eigenvalue weighted by atomic mass is 10.1. The van der Waals surface area contributed by atoms with Crippen LogP contribution in [0.3, 0.4) is 0 Å². The van der Waals surface area contributed by atoms with Crippen LogP contribution in [-0.2, 0) is 13.0 Å². The van der Waals surface area contributed by atoms with Gasteiger partial charge in [-0.15, -0.1) is 16.4 Å². The zero-order valence-corrected chi connectivity index (χ0v) is 16.8. The van der Waals surface area contributed by atoms with Crippen LogP contribution in [-0.4, -0.2) is 34.3 Å². The first-order valence-electron chi connectivity index (χ1n) is 9.14. The van der Waals surface area contributed by atoms with Crippen molar-refractivity contribution in [2.45, 2.75) is 40.2 Å². The van der Waals surface area contributed by atoms with Crippen molar-refractivity contribution in [3.63, 3.8) is 0 Å². The molecule has 0 radical (unpaired) electrons. The van der Waals surface area contributed by atoms with E-state index in [-0.39, 0.29) is 5.69 Å². The SMILES string of the molecule is Cc1cc(C)n(CCc2nc3c4sc5nc(C(F)F)cc(C)c5c4ncn3n2)n1. The number of alkyl halides is 2. The van der Waals surface area contributed by atoms with Crippen molar-refractivity contribution in [2.75, 3.05) is 0 Å². The summed E-state index contributed by atoms with van der Waals surface area (Å²) in [6.45, 7) is 6.46. The third-order valence-electron chi connectivity index (χ3n) is 4.90. The van der Waals surface area contributed by atoms with Gasteiger partial charge in [-0.2, -0.15) is 5.10 Å². The predicted molar refractivity (Wildman–Crippen MR) is 107 cm³/mol. The Morgan fingerprint density at radius 3 is 2.66 bits per heavy atom. The molecular formula is C19H17F2N7S. The molecule has 0 amide bonds. The molecule has 5 rings (SSSR count). The number of pyridine rings is 1. The summed E-state index contributed by atoms with van der Waals surface area (Å²) in [5.41, 5.74) is 3.98. The van der Waals surface area contributed by atoms with Gasteiger partial charge in [0.05, 0.1) is 11.2 Å². The van der Waals surface area contributed by atoms with Gasteiger partial charge in [-0.3, -0.25) is 4.68 Å². The van der Waals surface area contributed by atoms with E-state index in [0.717, 1.165) is 32.6 Å². The fourth-order valence-corrected chi connectivity index (χ4v) is 4.79. The van der Waals surface area contributed by atoms with Crippen LogP contribution in [0.25, 0.3) is 26.1 Å². The number of nitrogens with zero attached hydrogens (tertiary/aromatic N) is 7. The summed E-state index contributed by atoms with van der Waals surface area (Å²) in [5, 5.41) is 9.78. The zero-order valence-electron chi connectivity index (χ0n) is 16.0. The van der Waals surface area contributed by atoms with Crippen LogP contribution in [0, 0.1) is 20.8 Å². The first-order valence-corrected chi connectivity index (χ1v) is 9.95. The van der Waals surface area contributed by atoms with Gasteiger partial charge in [-0.05, 0) is 38.5 Å². The van der Waals surface area contributed by atoms with Crippen LogP contribution in [0.4, 0.5) is 8.78 Å². The van der Waals surface area contributed by atoms with Crippen molar-refractivity contribution < 1.29 is 8.78 Å². The van der Waals surface area contributed by atoms with Gasteiger partial charge in [-0.1, -0.05) is 0 Å². The quantitative estimate of drug-likeness (QED) is 0.442. The van der Waals surface area contributed by atoms with Crippen molar-refractivity contribution in [3.8, 4) is 0 Å². The minimum absolute atomic E-state index is 0.218. The highest BCUT2D eigenvalue weighted by molar-refractivity contribution is 7.26. The molecule has 0 aromatic carbocycles. The van der Waals surface area contributed by atoms with E-state index in [4.69, 9.17) is 0 Å². The van der Waals surface area contributed by atoms with Crippen LogP contribution in [0.15, 0.2) is 18.5 Å². The summed E-state index contributed by atoms with van der Waals surface area (Å²) >= 11 is 1.32. The topological polar surface area (TPSA) is 73.8 Å². The molecule has 0 unspecified atom stereocenters. The van der Waals surface area contributed by atoms with E-state index < -0.39 is 6.43 Å². The molecule has 0 fully saturated rings. The highest BCUT2D eigenvalue weighted by atomic mass is 32.1. The van der Waals surface area contributed by atoms with Gasteiger partial charge in [0.1, 0.15) is 21.6 Å². The standard InChI is InChI=1S/C19H17F2N7S/c1-9-6-12(17(20)21)23-19-14(9)15-16(29-19)18-24-13(26-28(18)8-22-15)4-5-27-11(3)7-10(2)25-27/h6-8,17H,4-5H2,1-3H3. The summed E-state index contributed by atoms with van der Waals surface area (Å²) in [5.74, 6) is 0.683. The second kappa shape index (κ2) is 6.51. The maximum absolute atomic E-state index is 13.1. The van der Waals surface area contributed by atoms with Crippen LogP contribution in [0.5, 0.6) is 0 Å². The molecule has 0 aliphatic carbocycles. The molecule has 5 heterocycles. The smallest absolute Gasteiger partial charge is 0.269 e. The van der Waals surface area contributed by atoms with Gasteiger partial charge in [0, 0.05) is 24.0 Å². The molecule has 5 aromatic rings. The molecule has 7 nitrogen and oxygen atoms in total. The molecule has 0 aliphatic rings. The Morgan fingerprint density at radius 1 is 1.10 bits per heavy atom. The van der Waals surface area contributed by atoms with Crippen LogP contribution >= 0.6 is 11.3 Å². The van der Waals surface area contributed by atoms with Gasteiger partial charge in [0.2, 0.25) is 0 Å². The van der Waals surface area contributed by atoms with Crippen molar-refractivity contribution >= 4 is 37.4 Å². The Morgan fingerprint density at radius 2 is 1.93 bits per heavy atom. The second-order valence-electron chi connectivity index (χ2n) is 7.07. The van der Waals surface area contributed by atoms with Gasteiger partial charge >= 0.3 is 0 Å². The normalized spacial score (nSPS) is 12.2. The predicted octanol–water partition coefficient (Wildman–Crippen LogP) is 4.19. The fraction of sp³-hybridized carbons (Fsp3) is 0.316. The monoisotopic (exact) mass is 413 g/mol. The number of halogens is 2. The van der Waals surface area contributed by atoms with E-state index in [9.17, 15) is 8.78 Å². The zero-order chi connectivity index (χ0) is 20.3. The van der Waals surface area contributed by atoms with E-state index >= 15 is 0 Å². The number of rotatable bonds is 4. The van der Waals surface area contributed by atoms with E-state index in [1.54, 1.807) is 17.8 Å². The average Bonchev–Trinajstić information content (AvgIpc) is 3.33. The third kappa shape index (κ3) is 2.94. The van der Waals surface area contributed by atoms with Gasteiger partial charge in [0.25, 0.3) is 6.43 Å². The van der Waals surface area contributed by atoms with E-state index in [1.807, 2.05) is 24.6 Å². The minimum atomic E-state index is -2.61. The molecule has 0 N–H and O–H groups in total. The van der Waals surface area contributed by atoms with Crippen molar-refractivity contribution in [1.29, 1.82) is 0 Å². The molecule has 29 heavy (non-hydrogen) atoms. The number of hydrogen-bond acceptors (Lipinski definition) is 6. The number of hydrogen-bond donors (Lipinski definition) is 0. The van der Waals surface area contributed by atoms with Gasteiger partial charge in [0.15, 0.2) is 11.5 Å². The average molecular weight is 413 g/mol. The third-order valence-corrected chi connectivity index (χ3v) is 5.97. The molecule has 0 spiro atoms. The van der Waals surface area contributed by atoms with Crippen molar-refractivity contribution in [3.05, 3.63) is 46.9 Å². The number of aromatic nitrogens is 7. The second-order valence-corrected chi connectivity index (χ2v) is 8.06. The molecule has 0 saturated heterocycles. The summed E-state index contributed by atoms with van der Waals surface area (Å²) in [6, 6.07) is 3.46. The van der Waals surface area contributed by atoms with Crippen LogP contribution in [0.1, 0.15) is 34.9 Å². The molecule has 148 valence electrons. The lowest BCUT2D eigenvalue weighted by Gasteiger charge is -2.01. The van der Waals surface area contributed by atoms with Crippen LogP contribution in [0.2, 0.25) is 0 Å².